The molecule has 162 valence electrons. The minimum atomic E-state index is -3.98. The highest BCUT2D eigenvalue weighted by Crippen LogP contribution is 2.29. The third kappa shape index (κ3) is 5.69. The number of carbonyl (C=O) groups is 2. The van der Waals surface area contributed by atoms with Crippen LogP contribution in [0.3, 0.4) is 0 Å². The van der Waals surface area contributed by atoms with Crippen LogP contribution >= 0.6 is 0 Å². The summed E-state index contributed by atoms with van der Waals surface area (Å²) in [7, 11) is -3.98. The Bertz CT molecular complexity index is 983. The van der Waals surface area contributed by atoms with Gasteiger partial charge in [-0.2, -0.15) is 0 Å². The van der Waals surface area contributed by atoms with E-state index in [-0.39, 0.29) is 11.3 Å². The summed E-state index contributed by atoms with van der Waals surface area (Å²) >= 11 is 0. The molecular formula is C23H30N2O4S. The molecule has 2 rings (SSSR count). The van der Waals surface area contributed by atoms with Crippen molar-refractivity contribution in [2.75, 3.05) is 0 Å². The van der Waals surface area contributed by atoms with Crippen molar-refractivity contribution >= 4 is 21.7 Å². The van der Waals surface area contributed by atoms with E-state index in [1.807, 2.05) is 30.3 Å². The van der Waals surface area contributed by atoms with E-state index in [9.17, 15) is 18.0 Å². The molecule has 0 aliphatic carbocycles. The van der Waals surface area contributed by atoms with Gasteiger partial charge in [-0.1, -0.05) is 48.5 Å². The third-order valence-corrected chi connectivity index (χ3v) is 7.07. The Morgan fingerprint density at radius 2 is 1.37 bits per heavy atom. The molecule has 2 aromatic rings. The van der Waals surface area contributed by atoms with Gasteiger partial charge in [0.2, 0.25) is 11.8 Å². The summed E-state index contributed by atoms with van der Waals surface area (Å²) in [6, 6.07) is 17.1. The van der Waals surface area contributed by atoms with Gasteiger partial charge in [-0.3, -0.25) is 9.59 Å². The Labute approximate surface area is 179 Å². The Kier molecular flexibility index (Phi) is 7.08. The number of hydrogen-bond acceptors (Lipinski definition) is 4. The summed E-state index contributed by atoms with van der Waals surface area (Å²) in [6.45, 7) is 8.16. The Balaban J connectivity index is 2.66. The van der Waals surface area contributed by atoms with Crippen LogP contribution in [-0.4, -0.2) is 36.6 Å². The second kappa shape index (κ2) is 9.00. The molecule has 30 heavy (non-hydrogen) atoms. The lowest BCUT2D eigenvalue weighted by atomic mass is 9.90. The highest BCUT2D eigenvalue weighted by atomic mass is 32.2. The van der Waals surface area contributed by atoms with Crippen molar-refractivity contribution < 1.29 is 18.0 Å². The summed E-state index contributed by atoms with van der Waals surface area (Å²) in [5.41, 5.74) is -1.55. The number of amides is 2. The Hall–Kier alpha value is -2.67. The zero-order valence-corrected chi connectivity index (χ0v) is 18.9. The average Bonchev–Trinajstić information content (AvgIpc) is 2.65. The molecule has 0 aromatic heterocycles. The van der Waals surface area contributed by atoms with E-state index in [2.05, 4.69) is 10.6 Å². The van der Waals surface area contributed by atoms with Crippen molar-refractivity contribution in [2.24, 2.45) is 0 Å². The maximum atomic E-state index is 13.7. The van der Waals surface area contributed by atoms with E-state index in [1.165, 1.54) is 26.0 Å². The molecule has 0 aliphatic heterocycles. The number of benzene rings is 2. The van der Waals surface area contributed by atoms with E-state index in [4.69, 9.17) is 0 Å². The fourth-order valence-corrected chi connectivity index (χ4v) is 5.41. The van der Waals surface area contributed by atoms with Gasteiger partial charge in [-0.25, -0.2) is 8.42 Å². The first-order valence-electron chi connectivity index (χ1n) is 9.80. The molecule has 0 aliphatic rings. The van der Waals surface area contributed by atoms with Gasteiger partial charge in [0, 0.05) is 12.5 Å². The zero-order valence-electron chi connectivity index (χ0n) is 18.1. The van der Waals surface area contributed by atoms with Crippen molar-refractivity contribution in [3.05, 3.63) is 66.2 Å². The van der Waals surface area contributed by atoms with E-state index in [0.717, 1.165) is 5.56 Å². The van der Waals surface area contributed by atoms with Gasteiger partial charge in [0.25, 0.3) is 0 Å². The van der Waals surface area contributed by atoms with Crippen LogP contribution in [0.25, 0.3) is 0 Å². The molecule has 6 nitrogen and oxygen atoms in total. The predicted molar refractivity (Wildman–Crippen MR) is 118 cm³/mol. The molecule has 0 saturated carbocycles. The van der Waals surface area contributed by atoms with Crippen LogP contribution in [0, 0.1) is 0 Å². The van der Waals surface area contributed by atoms with E-state index >= 15 is 0 Å². The Morgan fingerprint density at radius 3 is 1.83 bits per heavy atom. The molecule has 2 aromatic carbocycles. The molecule has 2 unspecified atom stereocenters. The molecule has 0 fully saturated rings. The second-order valence-electron chi connectivity index (χ2n) is 8.62. The quantitative estimate of drug-likeness (QED) is 0.706. The average molecular weight is 431 g/mol. The fraction of sp³-hybridized carbons (Fsp3) is 0.391. The molecule has 0 saturated heterocycles. The largest absolute Gasteiger partial charge is 0.349 e. The smallest absolute Gasteiger partial charge is 0.247 e. The zero-order chi connectivity index (χ0) is 22.6. The summed E-state index contributed by atoms with van der Waals surface area (Å²) in [6.07, 6.45) is 0.0619. The fourth-order valence-electron chi connectivity index (χ4n) is 3.35. The third-order valence-electron chi connectivity index (χ3n) is 4.75. The summed E-state index contributed by atoms with van der Waals surface area (Å²) in [4.78, 5) is 25.5. The van der Waals surface area contributed by atoms with Crippen molar-refractivity contribution in [2.45, 2.75) is 62.3 Å². The van der Waals surface area contributed by atoms with Crippen LogP contribution in [0.5, 0.6) is 0 Å². The summed E-state index contributed by atoms with van der Waals surface area (Å²) in [5, 5.41) is 4.26. The highest BCUT2D eigenvalue weighted by Gasteiger charge is 2.50. The standard InChI is InChI=1S/C23H30N2O4S/c1-17(26)24-23(5,21(27)25-22(2,3)4)20(16-18-12-8-6-9-13-18)30(28,29)19-14-10-7-11-15-19/h6-15,20H,16H2,1-5H3,(H,24,26)(H,25,27). The van der Waals surface area contributed by atoms with Crippen molar-refractivity contribution in [1.82, 2.24) is 10.6 Å². The monoisotopic (exact) mass is 430 g/mol. The molecule has 0 heterocycles. The van der Waals surface area contributed by atoms with Crippen molar-refractivity contribution in [1.29, 1.82) is 0 Å². The maximum absolute atomic E-state index is 13.7. The lowest BCUT2D eigenvalue weighted by Crippen LogP contribution is -2.67. The van der Waals surface area contributed by atoms with Crippen molar-refractivity contribution in [3.63, 3.8) is 0 Å². The molecule has 7 heteroatoms. The van der Waals surface area contributed by atoms with E-state index < -0.39 is 38.0 Å². The molecule has 2 atom stereocenters. The first kappa shape index (κ1) is 23.6. The van der Waals surface area contributed by atoms with Crippen LogP contribution in [0.15, 0.2) is 65.6 Å². The predicted octanol–water partition coefficient (Wildman–Crippen LogP) is 2.88. The van der Waals surface area contributed by atoms with E-state index in [1.54, 1.807) is 39.0 Å². The van der Waals surface area contributed by atoms with Crippen LogP contribution in [0.1, 0.15) is 40.2 Å². The molecule has 0 radical (unpaired) electrons. The lowest BCUT2D eigenvalue weighted by molar-refractivity contribution is -0.133. The van der Waals surface area contributed by atoms with Crippen molar-refractivity contribution in [3.8, 4) is 0 Å². The van der Waals surface area contributed by atoms with Gasteiger partial charge in [-0.15, -0.1) is 0 Å². The normalized spacial score (nSPS) is 15.0. The van der Waals surface area contributed by atoms with Gasteiger partial charge in [0.05, 0.1) is 4.90 Å². The Morgan fingerprint density at radius 1 is 0.867 bits per heavy atom. The molecular weight excluding hydrogens is 400 g/mol. The number of nitrogens with one attached hydrogen (secondary N) is 2. The van der Waals surface area contributed by atoms with Gasteiger partial charge < -0.3 is 10.6 Å². The van der Waals surface area contributed by atoms with Gasteiger partial charge in [0.15, 0.2) is 9.84 Å². The first-order chi connectivity index (χ1) is 13.9. The van der Waals surface area contributed by atoms with Crippen LogP contribution in [0.2, 0.25) is 0 Å². The number of rotatable bonds is 7. The number of sulfone groups is 1. The molecule has 0 bridgehead atoms. The minimum Gasteiger partial charge on any atom is -0.349 e. The SMILES string of the molecule is CC(=O)NC(C)(C(=O)NC(C)(C)C)C(Cc1ccccc1)S(=O)(=O)c1ccccc1. The first-order valence-corrected chi connectivity index (χ1v) is 11.3. The van der Waals surface area contributed by atoms with Gasteiger partial charge in [-0.05, 0) is 51.8 Å². The number of hydrogen-bond donors (Lipinski definition) is 2. The minimum absolute atomic E-state index is 0.0619. The van der Waals surface area contributed by atoms with Gasteiger partial charge >= 0.3 is 0 Å². The van der Waals surface area contributed by atoms with Crippen LogP contribution in [0.4, 0.5) is 0 Å². The molecule has 2 N–H and O–H groups in total. The second-order valence-corrected chi connectivity index (χ2v) is 10.8. The highest BCUT2D eigenvalue weighted by molar-refractivity contribution is 7.92. The summed E-state index contributed by atoms with van der Waals surface area (Å²) < 4.78 is 27.4. The lowest BCUT2D eigenvalue weighted by Gasteiger charge is -2.38. The van der Waals surface area contributed by atoms with Crippen LogP contribution in [-0.2, 0) is 25.8 Å². The topological polar surface area (TPSA) is 92.3 Å². The van der Waals surface area contributed by atoms with Gasteiger partial charge in [0.1, 0.15) is 10.8 Å². The number of carbonyl (C=O) groups excluding carboxylic acids is 2. The maximum Gasteiger partial charge on any atom is 0.247 e. The molecule has 2 amide bonds. The van der Waals surface area contributed by atoms with Crippen LogP contribution < -0.4 is 10.6 Å². The molecule has 0 spiro atoms. The summed E-state index contributed by atoms with van der Waals surface area (Å²) in [5.74, 6) is -1.03. The van der Waals surface area contributed by atoms with E-state index in [0.29, 0.717) is 0 Å².